The minimum atomic E-state index is -0.391. The van der Waals surface area contributed by atoms with Crippen LogP contribution >= 0.6 is 0 Å². The molecule has 4 rings (SSSR count). The Labute approximate surface area is 187 Å². The fourth-order valence-corrected chi connectivity index (χ4v) is 4.29. The van der Waals surface area contributed by atoms with Gasteiger partial charge in [-0.25, -0.2) is 4.39 Å². The van der Waals surface area contributed by atoms with Crippen molar-refractivity contribution in [1.29, 1.82) is 0 Å². The van der Waals surface area contributed by atoms with E-state index in [1.165, 1.54) is 6.07 Å². The van der Waals surface area contributed by atoms with Crippen molar-refractivity contribution in [3.05, 3.63) is 65.5 Å². The molecule has 0 spiro atoms. The molecule has 0 aromatic heterocycles. The molecule has 0 bridgehead atoms. The summed E-state index contributed by atoms with van der Waals surface area (Å²) in [5.41, 5.74) is 0.833. The first-order chi connectivity index (χ1) is 15.5. The number of aryl methyl sites for hydroxylation is 1. The number of nitrogens with zero attached hydrogens (tertiary/aromatic N) is 2. The fraction of sp³-hybridized carbons (Fsp3) is 0.440. The van der Waals surface area contributed by atoms with Crippen LogP contribution in [0.1, 0.15) is 28.8 Å². The summed E-state index contributed by atoms with van der Waals surface area (Å²) in [7, 11) is 0. The van der Waals surface area contributed by atoms with E-state index in [0.29, 0.717) is 63.4 Å². The van der Waals surface area contributed by atoms with Crippen LogP contribution in [0.15, 0.2) is 48.5 Å². The second-order valence-corrected chi connectivity index (χ2v) is 8.43. The number of amides is 2. The van der Waals surface area contributed by atoms with E-state index in [-0.39, 0.29) is 23.8 Å². The molecule has 170 valence electrons. The topological polar surface area (TPSA) is 59.1 Å². The minimum Gasteiger partial charge on any atom is -0.490 e. The molecule has 2 aliphatic heterocycles. The molecule has 2 aliphatic rings. The van der Waals surface area contributed by atoms with Crippen LogP contribution in [-0.2, 0) is 9.53 Å². The number of halogens is 1. The van der Waals surface area contributed by atoms with Gasteiger partial charge in [0.2, 0.25) is 5.91 Å². The van der Waals surface area contributed by atoms with E-state index < -0.39 is 5.82 Å². The third kappa shape index (κ3) is 5.27. The molecule has 0 radical (unpaired) electrons. The first-order valence-corrected chi connectivity index (χ1v) is 11.1. The predicted octanol–water partition coefficient (Wildman–Crippen LogP) is 3.29. The molecular formula is C25H29FN2O4. The summed E-state index contributed by atoms with van der Waals surface area (Å²) in [4.78, 5) is 29.6. The summed E-state index contributed by atoms with van der Waals surface area (Å²) in [5, 5.41) is 0. The maximum absolute atomic E-state index is 14.0. The molecule has 32 heavy (non-hydrogen) atoms. The van der Waals surface area contributed by atoms with E-state index in [1.54, 1.807) is 24.0 Å². The Bertz CT molecular complexity index is 946. The van der Waals surface area contributed by atoms with Gasteiger partial charge < -0.3 is 19.3 Å². The van der Waals surface area contributed by atoms with Crippen molar-refractivity contribution in [2.24, 2.45) is 5.92 Å². The molecule has 0 aliphatic carbocycles. The van der Waals surface area contributed by atoms with Gasteiger partial charge in [-0.3, -0.25) is 9.59 Å². The Balaban J connectivity index is 1.49. The minimum absolute atomic E-state index is 0.0515. The number of carbonyl (C=O) groups is 2. The summed E-state index contributed by atoms with van der Waals surface area (Å²) in [6.45, 7) is 4.81. The highest BCUT2D eigenvalue weighted by molar-refractivity contribution is 5.94. The lowest BCUT2D eigenvalue weighted by molar-refractivity contribution is -0.137. The van der Waals surface area contributed by atoms with Gasteiger partial charge >= 0.3 is 0 Å². The maximum Gasteiger partial charge on any atom is 0.253 e. The molecule has 0 N–H and O–H groups in total. The normalized spacial score (nSPS) is 21.3. The molecule has 2 aromatic rings. The lowest BCUT2D eigenvalue weighted by Crippen LogP contribution is -2.50. The van der Waals surface area contributed by atoms with Gasteiger partial charge in [0.05, 0.1) is 13.2 Å². The van der Waals surface area contributed by atoms with Gasteiger partial charge in [-0.15, -0.1) is 0 Å². The van der Waals surface area contributed by atoms with Crippen molar-refractivity contribution in [3.63, 3.8) is 0 Å². The molecule has 2 atom stereocenters. The number of rotatable bonds is 5. The number of piperidine rings is 1. The second kappa shape index (κ2) is 10.1. The second-order valence-electron chi connectivity index (χ2n) is 8.43. The van der Waals surface area contributed by atoms with Crippen LogP contribution in [0.2, 0.25) is 0 Å². The van der Waals surface area contributed by atoms with Gasteiger partial charge in [0, 0.05) is 50.5 Å². The Hall–Kier alpha value is -2.93. The first kappa shape index (κ1) is 22.3. The van der Waals surface area contributed by atoms with Crippen LogP contribution in [0, 0.1) is 18.7 Å². The van der Waals surface area contributed by atoms with Crippen molar-refractivity contribution < 1.29 is 23.5 Å². The van der Waals surface area contributed by atoms with E-state index in [2.05, 4.69) is 0 Å². The smallest absolute Gasteiger partial charge is 0.253 e. The van der Waals surface area contributed by atoms with Crippen molar-refractivity contribution in [2.45, 2.75) is 25.9 Å². The molecular weight excluding hydrogens is 411 g/mol. The monoisotopic (exact) mass is 440 g/mol. The Morgan fingerprint density at radius 1 is 1.06 bits per heavy atom. The van der Waals surface area contributed by atoms with Crippen LogP contribution in [0.4, 0.5) is 4.39 Å². The molecule has 6 nitrogen and oxygen atoms in total. The zero-order chi connectivity index (χ0) is 22.5. The number of carbonyl (C=O) groups excluding carboxylic acids is 2. The van der Waals surface area contributed by atoms with Crippen LogP contribution in [0.3, 0.4) is 0 Å². The lowest BCUT2D eigenvalue weighted by atomic mass is 9.90. The van der Waals surface area contributed by atoms with Crippen LogP contribution in [-0.4, -0.2) is 67.1 Å². The Morgan fingerprint density at radius 2 is 1.81 bits per heavy atom. The average molecular weight is 441 g/mol. The molecule has 7 heteroatoms. The predicted molar refractivity (Wildman–Crippen MR) is 118 cm³/mol. The van der Waals surface area contributed by atoms with Gasteiger partial charge in [-0.1, -0.05) is 24.3 Å². The zero-order valence-electron chi connectivity index (χ0n) is 18.3. The number of para-hydroxylation sites is 1. The molecule has 2 heterocycles. The van der Waals surface area contributed by atoms with Gasteiger partial charge in [-0.2, -0.15) is 0 Å². The fourth-order valence-electron chi connectivity index (χ4n) is 4.29. The molecule has 2 aromatic carbocycles. The van der Waals surface area contributed by atoms with Crippen LogP contribution in [0.25, 0.3) is 0 Å². The summed E-state index contributed by atoms with van der Waals surface area (Å²) in [6, 6.07) is 14.1. The van der Waals surface area contributed by atoms with Crippen LogP contribution in [0.5, 0.6) is 5.75 Å². The summed E-state index contributed by atoms with van der Waals surface area (Å²) < 4.78 is 25.6. The van der Waals surface area contributed by atoms with Crippen molar-refractivity contribution in [3.8, 4) is 5.75 Å². The van der Waals surface area contributed by atoms with E-state index in [4.69, 9.17) is 9.47 Å². The summed E-state index contributed by atoms with van der Waals surface area (Å²) in [5.74, 6) is 0.0407. The quantitative estimate of drug-likeness (QED) is 0.716. The van der Waals surface area contributed by atoms with Gasteiger partial charge in [-0.05, 0) is 36.8 Å². The number of morpholine rings is 1. The van der Waals surface area contributed by atoms with Crippen LogP contribution < -0.4 is 4.74 Å². The first-order valence-electron chi connectivity index (χ1n) is 11.1. The third-order valence-electron chi connectivity index (χ3n) is 6.20. The lowest BCUT2D eigenvalue weighted by Gasteiger charge is -2.39. The maximum atomic E-state index is 14.0. The molecule has 0 saturated carbocycles. The average Bonchev–Trinajstić information content (AvgIpc) is 2.82. The van der Waals surface area contributed by atoms with E-state index in [1.807, 2.05) is 35.2 Å². The van der Waals surface area contributed by atoms with E-state index in [9.17, 15) is 14.0 Å². The van der Waals surface area contributed by atoms with E-state index in [0.717, 1.165) is 5.75 Å². The highest BCUT2D eigenvalue weighted by Gasteiger charge is 2.36. The number of likely N-dealkylation sites (tertiary alicyclic amines) is 1. The number of hydrogen-bond donors (Lipinski definition) is 0. The number of ether oxygens (including phenoxy) is 2. The van der Waals surface area contributed by atoms with E-state index >= 15 is 0 Å². The Kier molecular flexibility index (Phi) is 7.05. The molecule has 0 unspecified atom stereocenters. The number of hydrogen-bond acceptors (Lipinski definition) is 4. The summed E-state index contributed by atoms with van der Waals surface area (Å²) >= 11 is 0. The summed E-state index contributed by atoms with van der Waals surface area (Å²) in [6.07, 6.45) is 0.723. The Morgan fingerprint density at radius 3 is 2.53 bits per heavy atom. The highest BCUT2D eigenvalue weighted by atomic mass is 19.1. The van der Waals surface area contributed by atoms with Crippen molar-refractivity contribution in [1.82, 2.24) is 9.80 Å². The third-order valence-corrected chi connectivity index (χ3v) is 6.20. The zero-order valence-corrected chi connectivity index (χ0v) is 18.3. The van der Waals surface area contributed by atoms with Gasteiger partial charge in [0.25, 0.3) is 5.91 Å². The molecule has 2 saturated heterocycles. The SMILES string of the molecule is Cc1ccc(C(=O)N2CC[C@H](Oc3ccccc3)[C@@H](CC(=O)N3CCOCC3)C2)cc1F. The largest absolute Gasteiger partial charge is 0.490 e. The number of benzene rings is 2. The standard InChI is InChI=1S/C25H29FN2O4/c1-18-7-8-19(15-22(18)26)25(30)28-10-9-23(32-21-5-3-2-4-6-21)20(17-28)16-24(29)27-11-13-31-14-12-27/h2-8,15,20,23H,9-14,16-17H2,1H3/t20-,23-/m0/s1. The molecule has 2 fully saturated rings. The molecule has 2 amide bonds. The highest BCUT2D eigenvalue weighted by Crippen LogP contribution is 2.27. The van der Waals surface area contributed by atoms with Crippen molar-refractivity contribution >= 4 is 11.8 Å². The van der Waals surface area contributed by atoms with Crippen molar-refractivity contribution in [2.75, 3.05) is 39.4 Å². The van der Waals surface area contributed by atoms with Gasteiger partial charge in [0.1, 0.15) is 17.7 Å². The van der Waals surface area contributed by atoms with Gasteiger partial charge in [0.15, 0.2) is 0 Å².